The van der Waals surface area contributed by atoms with E-state index in [0.717, 1.165) is 0 Å². The van der Waals surface area contributed by atoms with E-state index >= 15 is 0 Å². The van der Waals surface area contributed by atoms with Crippen molar-refractivity contribution in [2.24, 2.45) is 9.98 Å². The molecule has 9 heteroatoms. The fourth-order valence-electron chi connectivity index (χ4n) is 2.83. The number of hydrogen-bond donors (Lipinski definition) is 1. The monoisotopic (exact) mass is 457 g/mol. The van der Waals surface area contributed by atoms with Gasteiger partial charge in [0.2, 0.25) is 0 Å². The largest absolute Gasteiger partial charge is 0.541 e. The summed E-state index contributed by atoms with van der Waals surface area (Å²) in [5.41, 5.74) is 1.53. The van der Waals surface area contributed by atoms with Crippen LogP contribution >= 0.6 is 19.3 Å². The molecule has 0 aromatic heterocycles. The highest BCUT2D eigenvalue weighted by Gasteiger charge is 2.31. The van der Waals surface area contributed by atoms with E-state index in [2.05, 4.69) is 15.1 Å². The van der Waals surface area contributed by atoms with Gasteiger partial charge in [0.15, 0.2) is 0 Å². The standard InChI is InChI=1S/C22H18ClFN3O3P/c23-19-13-18(9-10-20(19)24)27-31(28)29-21-7-3-1-5-16(21)14-25-11-12-26-15-17-6-2-4-8-22(17)30-31/h1-10,13-15H,11-12H2,(H,27,28). The molecule has 31 heavy (non-hydrogen) atoms. The van der Waals surface area contributed by atoms with E-state index in [1.165, 1.54) is 18.2 Å². The summed E-state index contributed by atoms with van der Waals surface area (Å²) in [6.07, 6.45) is 3.27. The molecule has 1 N–H and O–H groups in total. The number of fused-ring (bicyclic) bond motifs is 2. The van der Waals surface area contributed by atoms with Crippen LogP contribution < -0.4 is 14.1 Å². The summed E-state index contributed by atoms with van der Waals surface area (Å²) in [5, 5.41) is 2.62. The van der Waals surface area contributed by atoms with Crippen molar-refractivity contribution in [3.8, 4) is 11.5 Å². The molecule has 1 aliphatic rings. The van der Waals surface area contributed by atoms with Crippen molar-refractivity contribution in [3.05, 3.63) is 88.7 Å². The van der Waals surface area contributed by atoms with E-state index in [4.69, 9.17) is 20.6 Å². The van der Waals surface area contributed by atoms with Gasteiger partial charge < -0.3 is 9.05 Å². The van der Waals surface area contributed by atoms with Gasteiger partial charge in [-0.15, -0.1) is 0 Å². The van der Waals surface area contributed by atoms with Gasteiger partial charge in [-0.3, -0.25) is 15.1 Å². The van der Waals surface area contributed by atoms with E-state index < -0.39 is 13.6 Å². The molecule has 0 atom stereocenters. The van der Waals surface area contributed by atoms with Crippen molar-refractivity contribution in [1.29, 1.82) is 0 Å². The number of aliphatic imine (C=N–C) groups is 2. The lowest BCUT2D eigenvalue weighted by molar-refractivity contribution is 0.392. The Hall–Kier alpha value is -3.15. The molecule has 0 fully saturated rings. The summed E-state index contributed by atoms with van der Waals surface area (Å²) in [7, 11) is -4.06. The van der Waals surface area contributed by atoms with Gasteiger partial charge in [0.25, 0.3) is 0 Å². The Kier molecular flexibility index (Phi) is 6.35. The third-order valence-electron chi connectivity index (χ3n) is 4.28. The molecule has 1 heterocycles. The van der Waals surface area contributed by atoms with Crippen LogP contribution in [-0.4, -0.2) is 25.5 Å². The minimum Gasteiger partial charge on any atom is -0.400 e. The Balaban J connectivity index is 1.79. The second kappa shape index (κ2) is 9.33. The Labute approximate surface area is 184 Å². The van der Waals surface area contributed by atoms with Crippen molar-refractivity contribution in [3.63, 3.8) is 0 Å². The zero-order valence-corrected chi connectivity index (χ0v) is 17.9. The highest BCUT2D eigenvalue weighted by molar-refractivity contribution is 7.56. The molecular formula is C22H18ClFN3O3P. The second-order valence-corrected chi connectivity index (χ2v) is 8.56. The van der Waals surface area contributed by atoms with Crippen LogP contribution in [0.25, 0.3) is 0 Å². The predicted molar refractivity (Wildman–Crippen MR) is 122 cm³/mol. The number of hydrogen-bond acceptors (Lipinski definition) is 5. The van der Waals surface area contributed by atoms with Gasteiger partial charge in [0.05, 0.1) is 18.1 Å². The smallest absolute Gasteiger partial charge is 0.400 e. The normalized spacial score (nSPS) is 18.3. The van der Waals surface area contributed by atoms with E-state index in [0.29, 0.717) is 35.7 Å². The molecular weight excluding hydrogens is 440 g/mol. The maximum Gasteiger partial charge on any atom is 0.541 e. The van der Waals surface area contributed by atoms with Crippen molar-refractivity contribution in [1.82, 2.24) is 0 Å². The third kappa shape index (κ3) is 5.32. The van der Waals surface area contributed by atoms with E-state index in [1.54, 1.807) is 48.8 Å². The quantitative estimate of drug-likeness (QED) is 0.478. The molecule has 0 spiro atoms. The number of anilines is 1. The van der Waals surface area contributed by atoms with Gasteiger partial charge in [0.1, 0.15) is 17.3 Å². The number of benzene rings is 3. The van der Waals surface area contributed by atoms with Crippen molar-refractivity contribution < 1.29 is 18.0 Å². The maximum absolute atomic E-state index is 13.9. The highest BCUT2D eigenvalue weighted by Crippen LogP contribution is 2.49. The van der Waals surface area contributed by atoms with Gasteiger partial charge in [-0.05, 0) is 42.5 Å². The first-order valence-corrected chi connectivity index (χ1v) is 11.3. The van der Waals surface area contributed by atoms with Crippen LogP contribution in [0.2, 0.25) is 5.02 Å². The fourth-order valence-corrected chi connectivity index (χ4v) is 4.44. The summed E-state index contributed by atoms with van der Waals surface area (Å²) in [6, 6.07) is 17.9. The summed E-state index contributed by atoms with van der Waals surface area (Å²) in [6.45, 7) is 0.968. The molecule has 6 nitrogen and oxygen atoms in total. The molecule has 0 radical (unpaired) electrons. The average Bonchev–Trinajstić information content (AvgIpc) is 2.76. The molecule has 0 saturated carbocycles. The highest BCUT2D eigenvalue weighted by atomic mass is 35.5. The van der Waals surface area contributed by atoms with Gasteiger partial charge >= 0.3 is 7.75 Å². The zero-order valence-electron chi connectivity index (χ0n) is 16.2. The second-order valence-electron chi connectivity index (χ2n) is 6.57. The van der Waals surface area contributed by atoms with Gasteiger partial charge in [-0.1, -0.05) is 35.9 Å². The molecule has 0 unspecified atom stereocenters. The summed E-state index contributed by atoms with van der Waals surface area (Å²) in [4.78, 5) is 8.71. The van der Waals surface area contributed by atoms with E-state index in [9.17, 15) is 8.96 Å². The lowest BCUT2D eigenvalue weighted by Crippen LogP contribution is -2.11. The molecule has 4 rings (SSSR count). The number of para-hydroxylation sites is 2. The first-order valence-electron chi connectivity index (χ1n) is 9.43. The maximum atomic E-state index is 13.9. The van der Waals surface area contributed by atoms with E-state index in [-0.39, 0.29) is 10.7 Å². The van der Waals surface area contributed by atoms with Gasteiger partial charge in [0, 0.05) is 29.2 Å². The van der Waals surface area contributed by atoms with Crippen LogP contribution in [-0.2, 0) is 4.57 Å². The lowest BCUT2D eigenvalue weighted by Gasteiger charge is -2.22. The summed E-state index contributed by atoms with van der Waals surface area (Å²) in [5.74, 6) is 0.0336. The SMILES string of the molecule is O=P1(Nc2ccc(F)c(Cl)c2)Oc2ccccc2C=NCCN=Cc2ccccc2O1. The minimum atomic E-state index is -4.06. The topological polar surface area (TPSA) is 72.3 Å². The molecule has 3 aromatic rings. The average molecular weight is 458 g/mol. The van der Waals surface area contributed by atoms with E-state index in [1.807, 2.05) is 12.1 Å². The number of nitrogens with one attached hydrogen (secondary N) is 1. The molecule has 0 aliphatic carbocycles. The van der Waals surface area contributed by atoms with Crippen LogP contribution in [0.15, 0.2) is 76.7 Å². The molecule has 0 bridgehead atoms. The van der Waals surface area contributed by atoms with Crippen LogP contribution in [0.3, 0.4) is 0 Å². The molecule has 1 aliphatic heterocycles. The molecule has 3 aromatic carbocycles. The molecule has 0 saturated heterocycles. The van der Waals surface area contributed by atoms with Crippen LogP contribution in [0.4, 0.5) is 10.1 Å². The lowest BCUT2D eigenvalue weighted by atomic mass is 10.2. The van der Waals surface area contributed by atoms with Gasteiger partial charge in [-0.2, -0.15) is 0 Å². The zero-order chi connectivity index (χ0) is 21.7. The first kappa shape index (κ1) is 21.1. The minimum absolute atomic E-state index is 0.123. The Morgan fingerprint density at radius 1 is 0.871 bits per heavy atom. The number of nitrogens with zero attached hydrogens (tertiary/aromatic N) is 2. The molecule has 158 valence electrons. The van der Waals surface area contributed by atoms with Crippen LogP contribution in [0.1, 0.15) is 11.1 Å². The van der Waals surface area contributed by atoms with Crippen LogP contribution in [0.5, 0.6) is 11.5 Å². The third-order valence-corrected chi connectivity index (χ3v) is 5.98. The Morgan fingerprint density at radius 2 is 1.42 bits per heavy atom. The summed E-state index contributed by atoms with van der Waals surface area (Å²) >= 11 is 5.88. The number of halogens is 2. The fraction of sp³-hybridized carbons (Fsp3) is 0.0909. The van der Waals surface area contributed by atoms with Crippen molar-refractivity contribution in [2.75, 3.05) is 18.2 Å². The van der Waals surface area contributed by atoms with Gasteiger partial charge in [-0.25, -0.2) is 8.96 Å². The predicted octanol–water partition coefficient (Wildman–Crippen LogP) is 6.01. The molecule has 0 amide bonds. The Bertz CT molecular complexity index is 1140. The van der Waals surface area contributed by atoms with Crippen LogP contribution in [0, 0.1) is 5.82 Å². The number of rotatable bonds is 2. The Morgan fingerprint density at radius 3 is 1.97 bits per heavy atom. The van der Waals surface area contributed by atoms with Crippen molar-refractivity contribution in [2.45, 2.75) is 0 Å². The summed E-state index contributed by atoms with van der Waals surface area (Å²) < 4.78 is 39.2. The van der Waals surface area contributed by atoms with Crippen molar-refractivity contribution >= 4 is 37.5 Å². The first-order chi connectivity index (χ1) is 15.0.